The summed E-state index contributed by atoms with van der Waals surface area (Å²) in [4.78, 5) is 14.9. The fraction of sp³-hybridized carbons (Fsp3) is 0.421. The average molecular weight is 345 g/mol. The van der Waals surface area contributed by atoms with Crippen LogP contribution in [0.3, 0.4) is 0 Å². The Bertz CT molecular complexity index is 774. The molecule has 0 spiro atoms. The van der Waals surface area contributed by atoms with Crippen molar-refractivity contribution in [3.8, 4) is 0 Å². The molecule has 2 aromatic rings. The first kappa shape index (κ1) is 16.3. The first-order valence-corrected chi connectivity index (χ1v) is 8.60. The van der Waals surface area contributed by atoms with Gasteiger partial charge in [0.25, 0.3) is 5.91 Å². The molecule has 4 nitrogen and oxygen atoms in total. The molecular formula is C19H21F2N3O. The van der Waals surface area contributed by atoms with Gasteiger partial charge in [-0.15, -0.1) is 0 Å². The summed E-state index contributed by atoms with van der Waals surface area (Å²) in [5.41, 5.74) is 1.54. The molecule has 3 heterocycles. The van der Waals surface area contributed by atoms with Crippen molar-refractivity contribution in [2.24, 2.45) is 11.8 Å². The predicted molar refractivity (Wildman–Crippen MR) is 90.5 cm³/mol. The lowest BCUT2D eigenvalue weighted by Crippen LogP contribution is -2.36. The number of alkyl halides is 2. The highest BCUT2D eigenvalue weighted by molar-refractivity contribution is 5.93. The lowest BCUT2D eigenvalue weighted by Gasteiger charge is -2.29. The lowest BCUT2D eigenvalue weighted by atomic mass is 9.89. The highest BCUT2D eigenvalue weighted by Gasteiger charge is 2.47. The number of likely N-dealkylation sites (tertiary alicyclic amines) is 1. The van der Waals surface area contributed by atoms with Crippen molar-refractivity contribution in [2.45, 2.75) is 19.5 Å². The number of fused-ring (bicyclic) bond motifs is 1. The van der Waals surface area contributed by atoms with E-state index in [-0.39, 0.29) is 17.6 Å². The van der Waals surface area contributed by atoms with E-state index in [2.05, 4.69) is 5.32 Å². The molecule has 0 radical (unpaired) electrons. The SMILES string of the molecule is Cc1ccc(C(=O)N2C[C@@H]3CNC[C@@H]3[C@@H]2c2ccccc2)n1C(F)F. The standard InChI is InChI=1S/C19H21F2N3O/c1-12-7-8-16(24(12)19(20)21)18(25)23-11-14-9-22-10-15(14)17(23)13-5-3-2-4-6-13/h2-8,14-15,17,19,22H,9-11H2,1H3/t14-,15-,17-/m0/s1. The third-order valence-corrected chi connectivity index (χ3v) is 5.50. The summed E-state index contributed by atoms with van der Waals surface area (Å²) in [5.74, 6) is 0.379. The van der Waals surface area contributed by atoms with Crippen LogP contribution in [0.4, 0.5) is 8.78 Å². The van der Waals surface area contributed by atoms with E-state index in [1.165, 1.54) is 6.07 Å². The second-order valence-electron chi connectivity index (χ2n) is 6.90. The van der Waals surface area contributed by atoms with Crippen LogP contribution in [0, 0.1) is 18.8 Å². The summed E-state index contributed by atoms with van der Waals surface area (Å²) < 4.78 is 27.6. The Balaban J connectivity index is 1.72. The number of halogens is 2. The van der Waals surface area contributed by atoms with Crippen LogP contribution in [0.15, 0.2) is 42.5 Å². The molecular weight excluding hydrogens is 324 g/mol. The number of hydrogen-bond acceptors (Lipinski definition) is 2. The Morgan fingerprint density at radius 1 is 1.16 bits per heavy atom. The zero-order chi connectivity index (χ0) is 17.6. The first-order chi connectivity index (χ1) is 12.1. The van der Waals surface area contributed by atoms with E-state index in [4.69, 9.17) is 0 Å². The van der Waals surface area contributed by atoms with E-state index in [1.54, 1.807) is 17.9 Å². The topological polar surface area (TPSA) is 37.3 Å². The molecule has 0 bridgehead atoms. The molecule has 3 atom stereocenters. The van der Waals surface area contributed by atoms with Gasteiger partial charge >= 0.3 is 6.55 Å². The van der Waals surface area contributed by atoms with Gasteiger partial charge in [0.05, 0.1) is 6.04 Å². The van der Waals surface area contributed by atoms with E-state index in [0.717, 1.165) is 23.2 Å². The van der Waals surface area contributed by atoms with Crippen LogP contribution in [0.25, 0.3) is 0 Å². The van der Waals surface area contributed by atoms with Gasteiger partial charge in [-0.2, -0.15) is 8.78 Å². The number of rotatable bonds is 3. The molecule has 2 saturated heterocycles. The van der Waals surface area contributed by atoms with E-state index >= 15 is 0 Å². The first-order valence-electron chi connectivity index (χ1n) is 8.60. The number of benzene rings is 1. The van der Waals surface area contributed by atoms with Gasteiger partial charge in [-0.1, -0.05) is 30.3 Å². The second kappa shape index (κ2) is 6.26. The van der Waals surface area contributed by atoms with Crippen molar-refractivity contribution in [2.75, 3.05) is 19.6 Å². The third kappa shape index (κ3) is 2.65. The van der Waals surface area contributed by atoms with Crippen molar-refractivity contribution in [3.05, 3.63) is 59.4 Å². The minimum atomic E-state index is -2.71. The molecule has 2 aliphatic heterocycles. The van der Waals surface area contributed by atoms with Gasteiger partial charge in [-0.3, -0.25) is 9.36 Å². The van der Waals surface area contributed by atoms with Crippen molar-refractivity contribution < 1.29 is 13.6 Å². The Hall–Kier alpha value is -2.21. The Morgan fingerprint density at radius 3 is 2.64 bits per heavy atom. The monoisotopic (exact) mass is 345 g/mol. The van der Waals surface area contributed by atoms with Crippen LogP contribution >= 0.6 is 0 Å². The number of aryl methyl sites for hydroxylation is 1. The van der Waals surface area contributed by atoms with Crippen molar-refractivity contribution in [3.63, 3.8) is 0 Å². The van der Waals surface area contributed by atoms with Crippen LogP contribution in [-0.4, -0.2) is 35.0 Å². The van der Waals surface area contributed by atoms with Crippen LogP contribution in [-0.2, 0) is 0 Å². The molecule has 6 heteroatoms. The number of nitrogens with zero attached hydrogens (tertiary/aromatic N) is 2. The van der Waals surface area contributed by atoms with Crippen LogP contribution in [0.1, 0.15) is 34.3 Å². The number of carbonyl (C=O) groups excluding carboxylic acids is 1. The molecule has 4 rings (SSSR count). The minimum Gasteiger partial charge on any atom is -0.330 e. The average Bonchev–Trinajstić information content (AvgIpc) is 3.28. The normalized spacial score (nSPS) is 25.6. The number of amides is 1. The lowest BCUT2D eigenvalue weighted by molar-refractivity contribution is 0.0532. The Kier molecular flexibility index (Phi) is 4.07. The van der Waals surface area contributed by atoms with Gasteiger partial charge < -0.3 is 10.2 Å². The fourth-order valence-corrected chi connectivity index (χ4v) is 4.34. The highest BCUT2D eigenvalue weighted by atomic mass is 19.3. The third-order valence-electron chi connectivity index (χ3n) is 5.50. The molecule has 1 aromatic carbocycles. The van der Waals surface area contributed by atoms with E-state index in [9.17, 15) is 13.6 Å². The van der Waals surface area contributed by atoms with Crippen LogP contribution in [0.5, 0.6) is 0 Å². The summed E-state index contributed by atoms with van der Waals surface area (Å²) in [6.45, 7) is 1.20. The number of nitrogens with one attached hydrogen (secondary N) is 1. The minimum absolute atomic E-state index is 0.0707. The van der Waals surface area contributed by atoms with Crippen molar-refractivity contribution in [1.29, 1.82) is 0 Å². The molecule has 1 N–H and O–H groups in total. The number of hydrogen-bond donors (Lipinski definition) is 1. The molecule has 0 aliphatic carbocycles. The van der Waals surface area contributed by atoms with Gasteiger partial charge in [0.2, 0.25) is 0 Å². The molecule has 1 aromatic heterocycles. The number of aromatic nitrogens is 1. The Morgan fingerprint density at radius 2 is 1.92 bits per heavy atom. The van der Waals surface area contributed by atoms with Crippen molar-refractivity contribution in [1.82, 2.24) is 14.8 Å². The van der Waals surface area contributed by atoms with Gasteiger partial charge in [0, 0.05) is 31.2 Å². The molecule has 2 aliphatic rings. The molecule has 2 fully saturated rings. The zero-order valence-corrected chi connectivity index (χ0v) is 14.0. The van der Waals surface area contributed by atoms with E-state index in [1.807, 2.05) is 30.3 Å². The summed E-state index contributed by atoms with van der Waals surface area (Å²) in [5, 5.41) is 3.39. The maximum atomic E-state index is 13.4. The molecule has 1 amide bonds. The molecule has 0 saturated carbocycles. The molecule has 132 valence electrons. The van der Waals surface area contributed by atoms with Gasteiger partial charge in [0.15, 0.2) is 0 Å². The van der Waals surface area contributed by atoms with Crippen LogP contribution in [0.2, 0.25) is 0 Å². The van der Waals surface area contributed by atoms with Gasteiger partial charge in [-0.05, 0) is 30.5 Å². The van der Waals surface area contributed by atoms with Gasteiger partial charge in [0.1, 0.15) is 5.69 Å². The molecule has 0 unspecified atom stereocenters. The summed E-state index contributed by atoms with van der Waals surface area (Å²) in [6.07, 6.45) is 0. The quantitative estimate of drug-likeness (QED) is 0.927. The fourth-order valence-electron chi connectivity index (χ4n) is 4.34. The van der Waals surface area contributed by atoms with E-state index < -0.39 is 6.55 Å². The van der Waals surface area contributed by atoms with Gasteiger partial charge in [-0.25, -0.2) is 0 Å². The summed E-state index contributed by atoms with van der Waals surface area (Å²) >= 11 is 0. The van der Waals surface area contributed by atoms with E-state index in [0.29, 0.717) is 24.1 Å². The maximum absolute atomic E-state index is 13.4. The smallest absolute Gasteiger partial charge is 0.319 e. The van der Waals surface area contributed by atoms with Crippen LogP contribution < -0.4 is 5.32 Å². The predicted octanol–water partition coefficient (Wildman–Crippen LogP) is 3.22. The maximum Gasteiger partial charge on any atom is 0.319 e. The largest absolute Gasteiger partial charge is 0.330 e. The summed E-state index contributed by atoms with van der Waals surface area (Å²) in [6, 6.07) is 12.9. The highest BCUT2D eigenvalue weighted by Crippen LogP contribution is 2.43. The molecule has 25 heavy (non-hydrogen) atoms. The zero-order valence-electron chi connectivity index (χ0n) is 14.0. The van der Waals surface area contributed by atoms with Crippen molar-refractivity contribution >= 4 is 5.91 Å². The second-order valence-corrected chi connectivity index (χ2v) is 6.90. The summed E-state index contributed by atoms with van der Waals surface area (Å²) in [7, 11) is 0. The number of carbonyl (C=O) groups is 1. The Labute approximate surface area is 145 Å².